The molecule has 0 spiro atoms. The number of amides is 1. The summed E-state index contributed by atoms with van der Waals surface area (Å²) in [5.41, 5.74) is 1.97. The van der Waals surface area contributed by atoms with Crippen LogP contribution in [0.4, 0.5) is 5.69 Å². The molecule has 1 aliphatic heterocycles. The first-order chi connectivity index (χ1) is 12.5. The van der Waals surface area contributed by atoms with E-state index in [9.17, 15) is 4.79 Å². The molecule has 0 saturated carbocycles. The number of carbonyl (C=O) groups is 1. The van der Waals surface area contributed by atoms with Crippen LogP contribution < -0.4 is 10.6 Å². The Labute approximate surface area is 157 Å². The number of piperazine rings is 1. The smallest absolute Gasteiger partial charge is 0.239 e. The summed E-state index contributed by atoms with van der Waals surface area (Å²) in [6.07, 6.45) is 0. The maximum Gasteiger partial charge on any atom is 0.239 e. The molecule has 0 radical (unpaired) electrons. The molecule has 2 heterocycles. The molecule has 0 bridgehead atoms. The first-order valence-corrected chi connectivity index (χ1v) is 9.80. The number of nitrogens with zero attached hydrogens (tertiary/aromatic N) is 3. The molecule has 1 aromatic carbocycles. The highest BCUT2D eigenvalue weighted by Gasteiger charge is 2.26. The molecule has 8 heteroatoms. The normalized spacial score (nSPS) is 19.3. The molecule has 1 aromatic heterocycles. The SMILES string of the molecule is Cc1ccc(NC(=O)CSC(C)c2nc(C3CNCCN3C)no2)cc1. The first kappa shape index (κ1) is 18.9. The molecule has 1 amide bonds. The van der Waals surface area contributed by atoms with Crippen molar-refractivity contribution in [3.8, 4) is 0 Å². The van der Waals surface area contributed by atoms with Gasteiger partial charge in [0.05, 0.1) is 17.0 Å². The largest absolute Gasteiger partial charge is 0.338 e. The molecule has 140 valence electrons. The van der Waals surface area contributed by atoms with Gasteiger partial charge >= 0.3 is 0 Å². The Morgan fingerprint density at radius 3 is 2.96 bits per heavy atom. The van der Waals surface area contributed by atoms with Crippen LogP contribution in [-0.2, 0) is 4.79 Å². The summed E-state index contributed by atoms with van der Waals surface area (Å²) in [5.74, 6) is 1.55. The van der Waals surface area contributed by atoms with E-state index < -0.39 is 0 Å². The number of rotatable bonds is 6. The molecule has 0 aliphatic carbocycles. The fourth-order valence-electron chi connectivity index (χ4n) is 2.75. The van der Waals surface area contributed by atoms with Gasteiger partial charge in [0, 0.05) is 25.3 Å². The van der Waals surface area contributed by atoms with Gasteiger partial charge in [-0.3, -0.25) is 9.69 Å². The molecule has 1 aliphatic rings. The Morgan fingerprint density at radius 2 is 2.23 bits per heavy atom. The predicted molar refractivity (Wildman–Crippen MR) is 103 cm³/mol. The van der Waals surface area contributed by atoms with Crippen LogP contribution in [0.2, 0.25) is 0 Å². The number of benzene rings is 1. The molecule has 3 rings (SSSR count). The van der Waals surface area contributed by atoms with E-state index in [4.69, 9.17) is 4.52 Å². The molecule has 2 N–H and O–H groups in total. The quantitative estimate of drug-likeness (QED) is 0.802. The molecular weight excluding hydrogens is 350 g/mol. The van der Waals surface area contributed by atoms with Crippen molar-refractivity contribution >= 4 is 23.4 Å². The summed E-state index contributed by atoms with van der Waals surface area (Å²) in [6, 6.07) is 7.88. The third-order valence-electron chi connectivity index (χ3n) is 4.41. The van der Waals surface area contributed by atoms with Crippen LogP contribution in [0, 0.1) is 6.92 Å². The van der Waals surface area contributed by atoms with Crippen LogP contribution in [0.1, 0.15) is 35.5 Å². The van der Waals surface area contributed by atoms with Crippen LogP contribution in [0.25, 0.3) is 0 Å². The molecule has 1 saturated heterocycles. The van der Waals surface area contributed by atoms with Gasteiger partial charge in [0.25, 0.3) is 0 Å². The van der Waals surface area contributed by atoms with Crippen LogP contribution in [-0.4, -0.2) is 53.4 Å². The topological polar surface area (TPSA) is 83.3 Å². The highest BCUT2D eigenvalue weighted by molar-refractivity contribution is 8.00. The summed E-state index contributed by atoms with van der Waals surface area (Å²) < 4.78 is 5.42. The van der Waals surface area contributed by atoms with E-state index in [0.29, 0.717) is 17.5 Å². The Hall–Kier alpha value is -1.90. The summed E-state index contributed by atoms with van der Waals surface area (Å²) in [4.78, 5) is 18.9. The molecule has 26 heavy (non-hydrogen) atoms. The number of hydrogen-bond acceptors (Lipinski definition) is 7. The van der Waals surface area contributed by atoms with E-state index in [0.717, 1.165) is 30.9 Å². The lowest BCUT2D eigenvalue weighted by atomic mass is 10.2. The molecule has 1 fully saturated rings. The number of anilines is 1. The zero-order valence-electron chi connectivity index (χ0n) is 15.4. The zero-order valence-corrected chi connectivity index (χ0v) is 16.2. The Kier molecular flexibility index (Phi) is 6.29. The van der Waals surface area contributed by atoms with Crippen LogP contribution >= 0.6 is 11.8 Å². The van der Waals surface area contributed by atoms with Crippen molar-refractivity contribution in [1.82, 2.24) is 20.4 Å². The van der Waals surface area contributed by atoms with Gasteiger partial charge in [-0.15, -0.1) is 11.8 Å². The fraction of sp³-hybridized carbons (Fsp3) is 0.500. The standard InChI is InChI=1S/C18H25N5O2S/c1-12-4-6-14(7-5-12)20-16(24)11-26-13(2)18-21-17(22-25-18)15-10-19-8-9-23(15)3/h4-7,13,15,19H,8-11H2,1-3H3,(H,20,24). The Morgan fingerprint density at radius 1 is 1.46 bits per heavy atom. The number of aromatic nitrogens is 2. The summed E-state index contributed by atoms with van der Waals surface area (Å²) >= 11 is 1.48. The number of aryl methyl sites for hydroxylation is 1. The van der Waals surface area contributed by atoms with Crippen molar-refractivity contribution in [3.05, 3.63) is 41.5 Å². The number of nitrogens with one attached hydrogen (secondary N) is 2. The summed E-state index contributed by atoms with van der Waals surface area (Å²) in [5, 5.41) is 10.3. The minimum absolute atomic E-state index is 0.0399. The maximum absolute atomic E-state index is 12.1. The van der Waals surface area contributed by atoms with Gasteiger partial charge in [-0.25, -0.2) is 0 Å². The van der Waals surface area contributed by atoms with Crippen molar-refractivity contribution in [1.29, 1.82) is 0 Å². The number of hydrogen-bond donors (Lipinski definition) is 2. The van der Waals surface area contributed by atoms with Crippen molar-refractivity contribution in [2.75, 3.05) is 37.8 Å². The zero-order chi connectivity index (χ0) is 18.5. The number of thioether (sulfide) groups is 1. The van der Waals surface area contributed by atoms with E-state index in [2.05, 4.69) is 32.7 Å². The highest BCUT2D eigenvalue weighted by Crippen LogP contribution is 2.28. The monoisotopic (exact) mass is 375 g/mol. The third kappa shape index (κ3) is 4.84. The molecule has 7 nitrogen and oxygen atoms in total. The van der Waals surface area contributed by atoms with Gasteiger partial charge in [0.15, 0.2) is 5.82 Å². The van der Waals surface area contributed by atoms with Crippen molar-refractivity contribution < 1.29 is 9.32 Å². The van der Waals surface area contributed by atoms with Gasteiger partial charge in [-0.2, -0.15) is 4.98 Å². The fourth-order valence-corrected chi connectivity index (χ4v) is 3.46. The van der Waals surface area contributed by atoms with E-state index in [1.54, 1.807) is 0 Å². The van der Waals surface area contributed by atoms with Gasteiger partial charge in [-0.1, -0.05) is 22.9 Å². The van der Waals surface area contributed by atoms with Gasteiger partial charge in [0.2, 0.25) is 11.8 Å². The minimum atomic E-state index is -0.0401. The van der Waals surface area contributed by atoms with Gasteiger partial charge < -0.3 is 15.2 Å². The van der Waals surface area contributed by atoms with Gasteiger partial charge in [0.1, 0.15) is 0 Å². The van der Waals surface area contributed by atoms with Gasteiger partial charge in [-0.05, 0) is 33.0 Å². The van der Waals surface area contributed by atoms with Crippen molar-refractivity contribution in [2.45, 2.75) is 25.1 Å². The van der Waals surface area contributed by atoms with Crippen molar-refractivity contribution in [3.63, 3.8) is 0 Å². The molecule has 2 aromatic rings. The van der Waals surface area contributed by atoms with Crippen molar-refractivity contribution in [2.24, 2.45) is 0 Å². The minimum Gasteiger partial charge on any atom is -0.338 e. The van der Waals surface area contributed by atoms with Crippen LogP contribution in [0.3, 0.4) is 0 Å². The summed E-state index contributed by atoms with van der Waals surface area (Å²) in [6.45, 7) is 6.74. The molecule has 2 unspecified atom stereocenters. The second-order valence-electron chi connectivity index (χ2n) is 6.56. The van der Waals surface area contributed by atoms with E-state index in [-0.39, 0.29) is 17.2 Å². The second-order valence-corrected chi connectivity index (χ2v) is 7.89. The number of carbonyl (C=O) groups excluding carboxylic acids is 1. The lowest BCUT2D eigenvalue weighted by Gasteiger charge is -2.30. The Bertz CT molecular complexity index is 733. The third-order valence-corrected chi connectivity index (χ3v) is 5.54. The lowest BCUT2D eigenvalue weighted by Crippen LogP contribution is -2.44. The predicted octanol–water partition coefficient (Wildman–Crippen LogP) is 2.39. The Balaban J connectivity index is 1.51. The van der Waals surface area contributed by atoms with E-state index in [1.165, 1.54) is 11.8 Å². The van der Waals surface area contributed by atoms with Crippen LogP contribution in [0.5, 0.6) is 0 Å². The van der Waals surface area contributed by atoms with E-state index in [1.807, 2.05) is 38.1 Å². The highest BCUT2D eigenvalue weighted by atomic mass is 32.2. The average Bonchev–Trinajstić information content (AvgIpc) is 3.12. The summed E-state index contributed by atoms with van der Waals surface area (Å²) in [7, 11) is 2.06. The molecule has 2 atom stereocenters. The van der Waals surface area contributed by atoms with Crippen LogP contribution in [0.15, 0.2) is 28.8 Å². The molecular formula is C18H25N5O2S. The first-order valence-electron chi connectivity index (χ1n) is 8.75. The van der Waals surface area contributed by atoms with E-state index >= 15 is 0 Å². The number of likely N-dealkylation sites (N-methyl/N-ethyl adjacent to an activating group) is 1. The maximum atomic E-state index is 12.1. The average molecular weight is 375 g/mol. The second kappa shape index (κ2) is 8.66. The lowest BCUT2D eigenvalue weighted by molar-refractivity contribution is -0.113.